The van der Waals surface area contributed by atoms with Crippen molar-refractivity contribution in [2.24, 2.45) is 0 Å². The largest absolute Gasteiger partial charge is 0.457 e. The van der Waals surface area contributed by atoms with Crippen LogP contribution in [0.1, 0.15) is 24.1 Å². The van der Waals surface area contributed by atoms with Gasteiger partial charge in [0, 0.05) is 25.2 Å². The second-order valence-electron chi connectivity index (χ2n) is 7.53. The summed E-state index contributed by atoms with van der Waals surface area (Å²) in [5.74, 6) is 1.75. The smallest absolute Gasteiger partial charge is 0.227 e. The predicted molar refractivity (Wildman–Crippen MR) is 115 cm³/mol. The summed E-state index contributed by atoms with van der Waals surface area (Å²) in [5, 5.41) is 3.60. The zero-order valence-corrected chi connectivity index (χ0v) is 16.6. The quantitative estimate of drug-likeness (QED) is 0.646. The van der Waals surface area contributed by atoms with Crippen LogP contribution in [0.3, 0.4) is 0 Å². The molecule has 0 aromatic heterocycles. The topological polar surface area (TPSA) is 41.6 Å². The Balaban J connectivity index is 1.23. The highest BCUT2D eigenvalue weighted by molar-refractivity contribution is 5.79. The molecule has 0 saturated carbocycles. The van der Waals surface area contributed by atoms with Crippen molar-refractivity contribution in [3.63, 3.8) is 0 Å². The van der Waals surface area contributed by atoms with Crippen LogP contribution in [0.25, 0.3) is 0 Å². The average Bonchev–Trinajstić information content (AvgIpc) is 2.73. The van der Waals surface area contributed by atoms with Gasteiger partial charge >= 0.3 is 0 Å². The van der Waals surface area contributed by atoms with Crippen molar-refractivity contribution in [2.45, 2.75) is 25.4 Å². The van der Waals surface area contributed by atoms with Gasteiger partial charge in [0.05, 0.1) is 6.42 Å². The Morgan fingerprint density at radius 1 is 0.931 bits per heavy atom. The second kappa shape index (κ2) is 8.93. The Hall–Kier alpha value is -3.11. The number of benzene rings is 3. The first-order valence-electron chi connectivity index (χ1n) is 10.1. The van der Waals surface area contributed by atoms with Crippen molar-refractivity contribution in [1.82, 2.24) is 10.2 Å². The minimum Gasteiger partial charge on any atom is -0.457 e. The summed E-state index contributed by atoms with van der Waals surface area (Å²) in [5.41, 5.74) is 2.28. The third-order valence-corrected chi connectivity index (χ3v) is 5.28. The molecular formula is C25H26N2O2. The van der Waals surface area contributed by atoms with E-state index in [4.69, 9.17) is 4.74 Å². The lowest BCUT2D eigenvalue weighted by Crippen LogP contribution is -2.60. The first-order valence-corrected chi connectivity index (χ1v) is 10.1. The number of hydrogen-bond donors (Lipinski definition) is 1. The molecule has 0 aliphatic carbocycles. The van der Waals surface area contributed by atoms with E-state index in [1.165, 1.54) is 5.56 Å². The Labute approximate surface area is 172 Å². The molecule has 0 spiro atoms. The number of nitrogens with one attached hydrogen (secondary N) is 1. The van der Waals surface area contributed by atoms with Gasteiger partial charge in [-0.2, -0.15) is 0 Å². The lowest BCUT2D eigenvalue weighted by atomic mass is 10.0. The molecule has 1 aliphatic rings. The van der Waals surface area contributed by atoms with Gasteiger partial charge in [0.2, 0.25) is 5.91 Å². The third-order valence-electron chi connectivity index (χ3n) is 5.28. The minimum atomic E-state index is 0.173. The molecule has 0 bridgehead atoms. The molecule has 4 nitrogen and oxygen atoms in total. The number of rotatable bonds is 7. The fraction of sp³-hybridized carbons (Fsp3) is 0.240. The molecular weight excluding hydrogens is 360 g/mol. The molecule has 1 aliphatic heterocycles. The van der Waals surface area contributed by atoms with Gasteiger partial charge in [-0.1, -0.05) is 60.7 Å². The van der Waals surface area contributed by atoms with Crippen LogP contribution in [0.5, 0.6) is 11.5 Å². The molecule has 1 N–H and O–H groups in total. The number of para-hydroxylation sites is 1. The Morgan fingerprint density at radius 2 is 1.52 bits per heavy atom. The number of carbonyl (C=O) groups is 1. The molecule has 1 heterocycles. The van der Waals surface area contributed by atoms with Gasteiger partial charge in [0.15, 0.2) is 0 Å². The van der Waals surface area contributed by atoms with Crippen LogP contribution in [-0.4, -0.2) is 29.9 Å². The van der Waals surface area contributed by atoms with E-state index < -0.39 is 0 Å². The average molecular weight is 386 g/mol. The first kappa shape index (κ1) is 19.2. The summed E-state index contributed by atoms with van der Waals surface area (Å²) in [6.45, 7) is 3.70. The maximum absolute atomic E-state index is 12.5. The fourth-order valence-electron chi connectivity index (χ4n) is 3.57. The number of likely N-dealkylation sites (tertiary alicyclic amines) is 1. The van der Waals surface area contributed by atoms with Crippen molar-refractivity contribution in [1.29, 1.82) is 0 Å². The van der Waals surface area contributed by atoms with Gasteiger partial charge in [0.1, 0.15) is 11.5 Å². The van der Waals surface area contributed by atoms with E-state index in [1.54, 1.807) is 0 Å². The van der Waals surface area contributed by atoms with Crippen LogP contribution in [0, 0.1) is 0 Å². The maximum atomic E-state index is 12.5. The summed E-state index contributed by atoms with van der Waals surface area (Å²) in [7, 11) is 0. The van der Waals surface area contributed by atoms with Gasteiger partial charge in [-0.25, -0.2) is 0 Å². The van der Waals surface area contributed by atoms with Crippen molar-refractivity contribution in [3.05, 3.63) is 96.1 Å². The van der Waals surface area contributed by atoms with Crippen LogP contribution in [0.4, 0.5) is 0 Å². The zero-order valence-electron chi connectivity index (χ0n) is 16.6. The highest BCUT2D eigenvalue weighted by Crippen LogP contribution is 2.22. The number of hydrogen-bond acceptors (Lipinski definition) is 3. The molecule has 1 unspecified atom stereocenters. The van der Waals surface area contributed by atoms with Crippen LogP contribution in [0.2, 0.25) is 0 Å². The zero-order chi connectivity index (χ0) is 20.1. The lowest BCUT2D eigenvalue weighted by molar-refractivity contribution is -0.135. The Bertz CT molecular complexity index is 920. The maximum Gasteiger partial charge on any atom is 0.227 e. The molecule has 4 heteroatoms. The highest BCUT2D eigenvalue weighted by atomic mass is 16.5. The van der Waals surface area contributed by atoms with E-state index in [0.717, 1.165) is 30.2 Å². The van der Waals surface area contributed by atoms with Gasteiger partial charge in [-0.05, 0) is 42.3 Å². The molecule has 3 aromatic rings. The normalized spacial score (nSPS) is 14.9. The van der Waals surface area contributed by atoms with Crippen LogP contribution in [-0.2, 0) is 11.2 Å². The van der Waals surface area contributed by atoms with E-state index >= 15 is 0 Å². The van der Waals surface area contributed by atoms with Crippen LogP contribution in [0.15, 0.2) is 84.9 Å². The van der Waals surface area contributed by atoms with Crippen LogP contribution >= 0.6 is 0 Å². The Morgan fingerprint density at radius 3 is 2.17 bits per heavy atom. The molecule has 29 heavy (non-hydrogen) atoms. The van der Waals surface area contributed by atoms with Crippen molar-refractivity contribution in [3.8, 4) is 11.5 Å². The number of carbonyl (C=O) groups excluding carboxylic acids is 1. The number of nitrogens with zero attached hydrogens (tertiary/aromatic N) is 1. The minimum absolute atomic E-state index is 0.173. The summed E-state index contributed by atoms with van der Waals surface area (Å²) >= 11 is 0. The summed E-state index contributed by atoms with van der Waals surface area (Å²) < 4.78 is 5.80. The second-order valence-corrected chi connectivity index (χ2v) is 7.53. The summed E-state index contributed by atoms with van der Waals surface area (Å²) in [6, 6.07) is 28.5. The molecule has 148 valence electrons. The van der Waals surface area contributed by atoms with Crippen molar-refractivity contribution < 1.29 is 9.53 Å². The molecule has 0 radical (unpaired) electrons. The van der Waals surface area contributed by atoms with E-state index in [9.17, 15) is 4.79 Å². The Kier molecular flexibility index (Phi) is 5.92. The third kappa shape index (κ3) is 5.04. The van der Waals surface area contributed by atoms with Gasteiger partial charge < -0.3 is 15.0 Å². The predicted octanol–water partition coefficient (Wildman–Crippen LogP) is 4.58. The van der Waals surface area contributed by atoms with E-state index in [2.05, 4.69) is 36.5 Å². The molecule has 1 amide bonds. The SMILES string of the molecule is CC(NC1CN(C(=O)Cc2ccc(Oc3ccccc3)cc2)C1)c1ccccc1. The monoisotopic (exact) mass is 386 g/mol. The molecule has 1 atom stereocenters. The van der Waals surface area contributed by atoms with Crippen molar-refractivity contribution in [2.75, 3.05) is 13.1 Å². The standard InChI is InChI=1S/C25H26N2O2/c1-19(21-8-4-2-5-9-21)26-22-17-27(18-22)25(28)16-20-12-14-24(15-13-20)29-23-10-6-3-7-11-23/h2-15,19,22,26H,16-18H2,1H3. The molecule has 1 saturated heterocycles. The van der Waals surface area contributed by atoms with Gasteiger partial charge in [0.25, 0.3) is 0 Å². The molecule has 1 fully saturated rings. The van der Waals surface area contributed by atoms with E-state index in [0.29, 0.717) is 12.5 Å². The number of ether oxygens (including phenoxy) is 1. The summed E-state index contributed by atoms with van der Waals surface area (Å²) in [4.78, 5) is 14.5. The first-order chi connectivity index (χ1) is 14.2. The molecule has 4 rings (SSSR count). The lowest BCUT2D eigenvalue weighted by Gasteiger charge is -2.41. The van der Waals surface area contributed by atoms with Crippen molar-refractivity contribution >= 4 is 5.91 Å². The van der Waals surface area contributed by atoms with E-state index in [1.807, 2.05) is 65.6 Å². The number of amides is 1. The highest BCUT2D eigenvalue weighted by Gasteiger charge is 2.31. The molecule has 3 aromatic carbocycles. The fourth-order valence-corrected chi connectivity index (χ4v) is 3.57. The van der Waals surface area contributed by atoms with Gasteiger partial charge in [-0.15, -0.1) is 0 Å². The van der Waals surface area contributed by atoms with E-state index in [-0.39, 0.29) is 11.9 Å². The summed E-state index contributed by atoms with van der Waals surface area (Å²) in [6.07, 6.45) is 0.423. The van der Waals surface area contributed by atoms with Crippen LogP contribution < -0.4 is 10.1 Å². The van der Waals surface area contributed by atoms with Gasteiger partial charge in [-0.3, -0.25) is 4.79 Å².